The standard InChI is InChI=1S/C41H79O10P/c1-3-5-7-9-11-13-15-17-18-19-21-23-25-27-29-31-33-41(45)51-39(37-50-52(46,47)49-35-38(43)34-42)36-48-40(44)32-30-28-26-24-22-20-16-14-12-10-8-6-4-2/h14,16,38-39,42-43H,3-13,15,17-37H2,1-2H3,(H,46,47)/b16-14-/t38-,39+/m0/s1. The van der Waals surface area contributed by atoms with Gasteiger partial charge in [-0.3, -0.25) is 18.6 Å². The summed E-state index contributed by atoms with van der Waals surface area (Å²) >= 11 is 0. The normalized spacial score (nSPS) is 14.0. The second-order valence-corrected chi connectivity index (χ2v) is 15.8. The number of allylic oxidation sites excluding steroid dienone is 2. The molecule has 0 aliphatic heterocycles. The predicted molar refractivity (Wildman–Crippen MR) is 210 cm³/mol. The lowest BCUT2D eigenvalue weighted by Crippen LogP contribution is -2.29. The Morgan fingerprint density at radius 3 is 1.40 bits per heavy atom. The van der Waals surface area contributed by atoms with Gasteiger partial charge in [0.25, 0.3) is 0 Å². The molecule has 0 aromatic carbocycles. The summed E-state index contributed by atoms with van der Waals surface area (Å²) in [6.07, 6.45) is 34.6. The van der Waals surface area contributed by atoms with Gasteiger partial charge in [0, 0.05) is 12.8 Å². The highest BCUT2D eigenvalue weighted by molar-refractivity contribution is 7.47. The first kappa shape index (κ1) is 50.7. The van der Waals surface area contributed by atoms with E-state index in [1.165, 1.54) is 103 Å². The Morgan fingerprint density at radius 2 is 0.942 bits per heavy atom. The predicted octanol–water partition coefficient (Wildman–Crippen LogP) is 10.8. The molecule has 3 N–H and O–H groups in total. The van der Waals surface area contributed by atoms with Crippen LogP contribution in [0.2, 0.25) is 0 Å². The van der Waals surface area contributed by atoms with Crippen molar-refractivity contribution in [2.45, 2.75) is 212 Å². The third-order valence-corrected chi connectivity index (χ3v) is 10.1. The third kappa shape index (κ3) is 37.0. The maximum atomic E-state index is 12.6. The van der Waals surface area contributed by atoms with Crippen LogP contribution in [0, 0.1) is 0 Å². The van der Waals surface area contributed by atoms with Crippen LogP contribution >= 0.6 is 7.82 Å². The van der Waals surface area contributed by atoms with Gasteiger partial charge < -0.3 is 24.6 Å². The number of phosphoric acid groups is 1. The van der Waals surface area contributed by atoms with Crippen molar-refractivity contribution in [1.29, 1.82) is 0 Å². The third-order valence-electron chi connectivity index (χ3n) is 9.17. The molecule has 11 heteroatoms. The summed E-state index contributed by atoms with van der Waals surface area (Å²) in [5.41, 5.74) is 0. The fourth-order valence-electron chi connectivity index (χ4n) is 5.87. The number of carbonyl (C=O) groups is 2. The van der Waals surface area contributed by atoms with Gasteiger partial charge in [-0.05, 0) is 38.5 Å². The largest absolute Gasteiger partial charge is 0.472 e. The van der Waals surface area contributed by atoms with Gasteiger partial charge in [-0.2, -0.15) is 0 Å². The molecule has 0 saturated carbocycles. The first-order valence-electron chi connectivity index (χ1n) is 21.1. The average molecular weight is 763 g/mol. The van der Waals surface area contributed by atoms with Gasteiger partial charge in [0.1, 0.15) is 12.7 Å². The number of aliphatic hydroxyl groups excluding tert-OH is 2. The van der Waals surface area contributed by atoms with Crippen LogP contribution in [0.25, 0.3) is 0 Å². The average Bonchev–Trinajstić information content (AvgIpc) is 3.13. The second-order valence-electron chi connectivity index (χ2n) is 14.4. The van der Waals surface area contributed by atoms with Crippen molar-refractivity contribution >= 4 is 19.8 Å². The molecule has 3 atom stereocenters. The summed E-state index contributed by atoms with van der Waals surface area (Å²) in [7, 11) is -4.61. The maximum absolute atomic E-state index is 12.6. The molecule has 0 aromatic rings. The molecule has 0 rings (SSSR count). The molecular weight excluding hydrogens is 683 g/mol. The van der Waals surface area contributed by atoms with E-state index in [1.54, 1.807) is 0 Å². The molecule has 0 aliphatic carbocycles. The van der Waals surface area contributed by atoms with E-state index in [0.29, 0.717) is 12.8 Å². The van der Waals surface area contributed by atoms with Gasteiger partial charge in [0.05, 0.1) is 19.8 Å². The minimum Gasteiger partial charge on any atom is -0.462 e. The minimum absolute atomic E-state index is 0.188. The summed E-state index contributed by atoms with van der Waals surface area (Å²) in [4.78, 5) is 34.9. The van der Waals surface area contributed by atoms with Gasteiger partial charge in [-0.25, -0.2) is 4.57 Å². The molecule has 0 amide bonds. The van der Waals surface area contributed by atoms with Gasteiger partial charge in [0.2, 0.25) is 0 Å². The van der Waals surface area contributed by atoms with Crippen LogP contribution < -0.4 is 0 Å². The zero-order valence-corrected chi connectivity index (χ0v) is 34.2. The van der Waals surface area contributed by atoms with E-state index in [1.807, 2.05) is 0 Å². The zero-order valence-electron chi connectivity index (χ0n) is 33.3. The van der Waals surface area contributed by atoms with Crippen molar-refractivity contribution in [2.24, 2.45) is 0 Å². The number of rotatable bonds is 40. The van der Waals surface area contributed by atoms with Crippen LogP contribution in [-0.4, -0.2) is 65.7 Å². The van der Waals surface area contributed by atoms with Crippen molar-refractivity contribution in [3.63, 3.8) is 0 Å². The molecule has 0 aliphatic rings. The molecular formula is C41H79O10P. The molecule has 52 heavy (non-hydrogen) atoms. The molecule has 0 radical (unpaired) electrons. The van der Waals surface area contributed by atoms with E-state index in [9.17, 15) is 24.2 Å². The first-order valence-corrected chi connectivity index (χ1v) is 22.6. The number of phosphoric ester groups is 1. The fourth-order valence-corrected chi connectivity index (χ4v) is 6.66. The Kier molecular flexibility index (Phi) is 37.1. The molecule has 0 aromatic heterocycles. The maximum Gasteiger partial charge on any atom is 0.472 e. The summed E-state index contributed by atoms with van der Waals surface area (Å²) in [6, 6.07) is 0. The summed E-state index contributed by atoms with van der Waals surface area (Å²) < 4.78 is 32.7. The topological polar surface area (TPSA) is 149 Å². The van der Waals surface area contributed by atoms with Crippen molar-refractivity contribution in [3.05, 3.63) is 12.2 Å². The van der Waals surface area contributed by atoms with Crippen molar-refractivity contribution in [1.82, 2.24) is 0 Å². The molecule has 0 fully saturated rings. The number of unbranched alkanes of at least 4 members (excludes halogenated alkanes) is 24. The molecule has 0 spiro atoms. The van der Waals surface area contributed by atoms with E-state index < -0.39 is 51.8 Å². The number of ether oxygens (including phenoxy) is 2. The Hall–Kier alpha value is -1.29. The van der Waals surface area contributed by atoms with E-state index in [4.69, 9.17) is 19.1 Å². The van der Waals surface area contributed by atoms with Crippen molar-refractivity contribution in [2.75, 3.05) is 26.4 Å². The van der Waals surface area contributed by atoms with Crippen molar-refractivity contribution in [3.8, 4) is 0 Å². The number of hydrogen-bond acceptors (Lipinski definition) is 9. The van der Waals surface area contributed by atoms with Gasteiger partial charge in [-0.15, -0.1) is 0 Å². The lowest BCUT2D eigenvalue weighted by molar-refractivity contribution is -0.161. The molecule has 308 valence electrons. The van der Waals surface area contributed by atoms with Crippen LogP contribution in [0.5, 0.6) is 0 Å². The highest BCUT2D eigenvalue weighted by Gasteiger charge is 2.27. The monoisotopic (exact) mass is 763 g/mol. The lowest BCUT2D eigenvalue weighted by atomic mass is 10.0. The first-order chi connectivity index (χ1) is 25.2. The van der Waals surface area contributed by atoms with Crippen LogP contribution in [0.15, 0.2) is 12.2 Å². The Morgan fingerprint density at radius 1 is 0.558 bits per heavy atom. The number of hydrogen-bond donors (Lipinski definition) is 3. The Bertz CT molecular complexity index is 884. The van der Waals surface area contributed by atoms with Crippen LogP contribution in [0.1, 0.15) is 200 Å². The number of aliphatic hydroxyl groups is 2. The summed E-state index contributed by atoms with van der Waals surface area (Å²) in [6.45, 7) is 2.37. The Balaban J connectivity index is 4.29. The van der Waals surface area contributed by atoms with Gasteiger partial charge in [0.15, 0.2) is 6.10 Å². The second kappa shape index (κ2) is 38.0. The fraction of sp³-hybridized carbons (Fsp3) is 0.902. The lowest BCUT2D eigenvalue weighted by Gasteiger charge is -2.20. The number of carbonyl (C=O) groups excluding carboxylic acids is 2. The molecule has 0 heterocycles. The molecule has 1 unspecified atom stereocenters. The van der Waals surface area contributed by atoms with E-state index in [0.717, 1.165) is 57.8 Å². The highest BCUT2D eigenvalue weighted by Crippen LogP contribution is 2.43. The quantitative estimate of drug-likeness (QED) is 0.0238. The van der Waals surface area contributed by atoms with E-state index >= 15 is 0 Å². The van der Waals surface area contributed by atoms with Gasteiger partial charge in [-0.1, -0.05) is 161 Å². The molecule has 0 saturated heterocycles. The molecule has 0 bridgehead atoms. The van der Waals surface area contributed by atoms with Crippen molar-refractivity contribution < 1.29 is 47.8 Å². The summed E-state index contributed by atoms with van der Waals surface area (Å²) in [5.74, 6) is -0.926. The smallest absolute Gasteiger partial charge is 0.462 e. The van der Waals surface area contributed by atoms with Gasteiger partial charge >= 0.3 is 19.8 Å². The van der Waals surface area contributed by atoms with Crippen LogP contribution in [0.4, 0.5) is 0 Å². The SMILES string of the molecule is CCCCCC/C=C\CCCCCCCC(=O)OC[C@H](COP(=O)(O)OC[C@@H](O)CO)OC(=O)CCCCCCCCCCCCCCCCCC. The van der Waals surface area contributed by atoms with E-state index in [2.05, 4.69) is 30.5 Å². The molecule has 10 nitrogen and oxygen atoms in total. The summed E-state index contributed by atoms with van der Waals surface area (Å²) in [5, 5.41) is 18.3. The zero-order chi connectivity index (χ0) is 38.4. The van der Waals surface area contributed by atoms with E-state index in [-0.39, 0.29) is 19.4 Å². The highest BCUT2D eigenvalue weighted by atomic mass is 31.2. The Labute approximate surface area is 317 Å². The van der Waals surface area contributed by atoms with Crippen LogP contribution in [0.3, 0.4) is 0 Å². The van der Waals surface area contributed by atoms with Crippen LogP contribution in [-0.2, 0) is 32.7 Å². The minimum atomic E-state index is -4.61. The number of esters is 2.